The van der Waals surface area contributed by atoms with E-state index in [2.05, 4.69) is 31.4 Å². The zero-order chi connectivity index (χ0) is 12.7. The third-order valence-corrected chi connectivity index (χ3v) is 2.92. The first-order valence-electron chi connectivity index (χ1n) is 6.24. The summed E-state index contributed by atoms with van der Waals surface area (Å²) in [6.07, 6.45) is 0. The Balaban J connectivity index is 2.42. The Morgan fingerprint density at radius 1 is 1.06 bits per heavy atom. The van der Waals surface area contributed by atoms with Gasteiger partial charge in [0.1, 0.15) is 5.82 Å². The Kier molecular flexibility index (Phi) is 5.59. The molecule has 0 aromatic heterocycles. The van der Waals surface area contributed by atoms with Crippen LogP contribution >= 0.6 is 0 Å². The molecule has 0 unspecified atom stereocenters. The molecule has 0 aliphatic rings. The van der Waals surface area contributed by atoms with Crippen molar-refractivity contribution in [1.82, 2.24) is 10.6 Å². The summed E-state index contributed by atoms with van der Waals surface area (Å²) in [5.74, 6) is -0.176. The zero-order valence-electron chi connectivity index (χ0n) is 11.0. The van der Waals surface area contributed by atoms with Crippen molar-refractivity contribution in [2.24, 2.45) is 0 Å². The van der Waals surface area contributed by atoms with Crippen LogP contribution in [-0.2, 0) is 5.41 Å². The summed E-state index contributed by atoms with van der Waals surface area (Å²) in [7, 11) is 0. The maximum atomic E-state index is 12.8. The van der Waals surface area contributed by atoms with E-state index in [9.17, 15) is 4.39 Å². The third-order valence-electron chi connectivity index (χ3n) is 2.92. The van der Waals surface area contributed by atoms with Crippen LogP contribution in [0.5, 0.6) is 0 Å². The van der Waals surface area contributed by atoms with Crippen LogP contribution in [0, 0.1) is 5.82 Å². The van der Waals surface area contributed by atoms with Crippen LogP contribution in [0.15, 0.2) is 24.3 Å². The molecule has 0 aliphatic heterocycles. The Bertz CT molecular complexity index is 319. The standard InChI is InChI=1S/C14H23FN2/c1-4-16-9-10-17-11-14(2,3)12-5-7-13(15)8-6-12/h5-8,16-17H,4,9-11H2,1-3H3. The molecule has 1 aromatic rings. The molecule has 2 N–H and O–H groups in total. The SMILES string of the molecule is CCNCCNCC(C)(C)c1ccc(F)cc1. The predicted molar refractivity (Wildman–Crippen MR) is 70.8 cm³/mol. The van der Waals surface area contributed by atoms with Crippen molar-refractivity contribution in [2.45, 2.75) is 26.2 Å². The lowest BCUT2D eigenvalue weighted by molar-refractivity contribution is 0.465. The predicted octanol–water partition coefficient (Wildman–Crippen LogP) is 2.30. The molecule has 0 heterocycles. The van der Waals surface area contributed by atoms with E-state index >= 15 is 0 Å². The second kappa shape index (κ2) is 6.72. The van der Waals surface area contributed by atoms with Gasteiger partial charge < -0.3 is 10.6 Å². The fraction of sp³-hybridized carbons (Fsp3) is 0.571. The smallest absolute Gasteiger partial charge is 0.123 e. The highest BCUT2D eigenvalue weighted by Gasteiger charge is 2.19. The van der Waals surface area contributed by atoms with Gasteiger partial charge in [0, 0.05) is 25.0 Å². The molecule has 0 atom stereocenters. The maximum absolute atomic E-state index is 12.8. The highest BCUT2D eigenvalue weighted by Crippen LogP contribution is 2.22. The minimum Gasteiger partial charge on any atom is -0.316 e. The fourth-order valence-corrected chi connectivity index (χ4v) is 1.76. The van der Waals surface area contributed by atoms with Crippen molar-refractivity contribution in [3.05, 3.63) is 35.6 Å². The Morgan fingerprint density at radius 2 is 1.65 bits per heavy atom. The molecule has 1 rings (SSSR count). The van der Waals surface area contributed by atoms with Crippen LogP contribution in [0.1, 0.15) is 26.3 Å². The molecule has 0 spiro atoms. The molecule has 0 fully saturated rings. The normalized spacial score (nSPS) is 11.8. The first-order valence-corrected chi connectivity index (χ1v) is 6.24. The molecular formula is C14H23FN2. The number of hydrogen-bond donors (Lipinski definition) is 2. The van der Waals surface area contributed by atoms with Crippen molar-refractivity contribution in [2.75, 3.05) is 26.2 Å². The summed E-state index contributed by atoms with van der Waals surface area (Å²) in [6.45, 7) is 10.3. The van der Waals surface area contributed by atoms with E-state index in [0.29, 0.717) is 0 Å². The van der Waals surface area contributed by atoms with E-state index in [4.69, 9.17) is 0 Å². The maximum Gasteiger partial charge on any atom is 0.123 e. The molecule has 0 aliphatic carbocycles. The largest absolute Gasteiger partial charge is 0.316 e. The van der Waals surface area contributed by atoms with Gasteiger partial charge in [-0.25, -0.2) is 4.39 Å². The van der Waals surface area contributed by atoms with E-state index in [1.165, 1.54) is 12.1 Å². The van der Waals surface area contributed by atoms with Crippen LogP contribution in [0.2, 0.25) is 0 Å². The molecule has 0 radical (unpaired) electrons. The molecule has 96 valence electrons. The second-order valence-corrected chi connectivity index (χ2v) is 4.92. The van der Waals surface area contributed by atoms with Gasteiger partial charge in [0.15, 0.2) is 0 Å². The Labute approximate surface area is 104 Å². The van der Waals surface area contributed by atoms with Crippen LogP contribution in [0.25, 0.3) is 0 Å². The highest BCUT2D eigenvalue weighted by molar-refractivity contribution is 5.24. The van der Waals surface area contributed by atoms with Gasteiger partial charge in [-0.15, -0.1) is 0 Å². The third kappa shape index (κ3) is 4.84. The molecule has 0 saturated heterocycles. The Hall–Kier alpha value is -0.930. The Morgan fingerprint density at radius 3 is 2.24 bits per heavy atom. The lowest BCUT2D eigenvalue weighted by Gasteiger charge is -2.25. The quantitative estimate of drug-likeness (QED) is 0.712. The molecule has 3 heteroatoms. The monoisotopic (exact) mass is 238 g/mol. The molecule has 0 saturated carbocycles. The number of nitrogens with one attached hydrogen (secondary N) is 2. The first kappa shape index (κ1) is 14.1. The summed E-state index contributed by atoms with van der Waals surface area (Å²) in [4.78, 5) is 0. The zero-order valence-corrected chi connectivity index (χ0v) is 11.0. The number of benzene rings is 1. The van der Waals surface area contributed by atoms with Crippen molar-refractivity contribution in [3.8, 4) is 0 Å². The van der Waals surface area contributed by atoms with E-state index in [1.54, 1.807) is 0 Å². The first-order chi connectivity index (χ1) is 8.06. The highest BCUT2D eigenvalue weighted by atomic mass is 19.1. The van der Waals surface area contributed by atoms with Gasteiger partial charge in [-0.05, 0) is 24.2 Å². The van der Waals surface area contributed by atoms with Gasteiger partial charge >= 0.3 is 0 Å². The topological polar surface area (TPSA) is 24.1 Å². The van der Waals surface area contributed by atoms with Crippen molar-refractivity contribution in [1.29, 1.82) is 0 Å². The lowest BCUT2D eigenvalue weighted by atomic mass is 9.84. The molecular weight excluding hydrogens is 215 g/mol. The van der Waals surface area contributed by atoms with Crippen molar-refractivity contribution in [3.63, 3.8) is 0 Å². The van der Waals surface area contributed by atoms with Gasteiger partial charge in [-0.1, -0.05) is 32.9 Å². The molecule has 0 amide bonds. The van der Waals surface area contributed by atoms with E-state index in [-0.39, 0.29) is 11.2 Å². The number of rotatable bonds is 7. The summed E-state index contributed by atoms with van der Waals surface area (Å²) >= 11 is 0. The summed E-state index contributed by atoms with van der Waals surface area (Å²) in [6, 6.07) is 6.77. The number of likely N-dealkylation sites (N-methyl/N-ethyl adjacent to an activating group) is 1. The van der Waals surface area contributed by atoms with E-state index in [0.717, 1.165) is 31.7 Å². The molecule has 1 aromatic carbocycles. The summed E-state index contributed by atoms with van der Waals surface area (Å²) < 4.78 is 12.8. The van der Waals surface area contributed by atoms with Gasteiger partial charge in [0.05, 0.1) is 0 Å². The van der Waals surface area contributed by atoms with Crippen LogP contribution in [0.4, 0.5) is 4.39 Å². The van der Waals surface area contributed by atoms with Gasteiger partial charge in [-0.2, -0.15) is 0 Å². The minimum atomic E-state index is -0.176. The molecule has 0 bridgehead atoms. The van der Waals surface area contributed by atoms with Crippen molar-refractivity contribution < 1.29 is 4.39 Å². The van der Waals surface area contributed by atoms with Crippen LogP contribution < -0.4 is 10.6 Å². The molecule has 17 heavy (non-hydrogen) atoms. The summed E-state index contributed by atoms with van der Waals surface area (Å²) in [5.41, 5.74) is 1.19. The average Bonchev–Trinajstić information content (AvgIpc) is 2.29. The molecule has 2 nitrogen and oxygen atoms in total. The van der Waals surface area contributed by atoms with Crippen LogP contribution in [0.3, 0.4) is 0 Å². The second-order valence-electron chi connectivity index (χ2n) is 4.92. The van der Waals surface area contributed by atoms with E-state index < -0.39 is 0 Å². The average molecular weight is 238 g/mol. The van der Waals surface area contributed by atoms with Gasteiger partial charge in [0.25, 0.3) is 0 Å². The lowest BCUT2D eigenvalue weighted by Crippen LogP contribution is -2.36. The fourth-order valence-electron chi connectivity index (χ4n) is 1.76. The number of halogens is 1. The van der Waals surface area contributed by atoms with Crippen LogP contribution in [-0.4, -0.2) is 26.2 Å². The minimum absolute atomic E-state index is 0.0277. The number of hydrogen-bond acceptors (Lipinski definition) is 2. The van der Waals surface area contributed by atoms with Gasteiger partial charge in [0.2, 0.25) is 0 Å². The summed E-state index contributed by atoms with van der Waals surface area (Å²) in [5, 5.41) is 6.69. The van der Waals surface area contributed by atoms with Crippen molar-refractivity contribution >= 4 is 0 Å². The van der Waals surface area contributed by atoms with E-state index in [1.807, 2.05) is 12.1 Å². The van der Waals surface area contributed by atoms with Gasteiger partial charge in [-0.3, -0.25) is 0 Å².